The van der Waals surface area contributed by atoms with E-state index in [0.717, 1.165) is 16.9 Å². The Kier molecular flexibility index (Phi) is 4.73. The van der Waals surface area contributed by atoms with Gasteiger partial charge in [0, 0.05) is 26.6 Å². The van der Waals surface area contributed by atoms with E-state index in [-0.39, 0.29) is 10.5 Å². The van der Waals surface area contributed by atoms with Gasteiger partial charge in [-0.25, -0.2) is 0 Å². The molecule has 21 heavy (non-hydrogen) atoms. The molecule has 2 nitrogen and oxygen atoms in total. The SMILES string of the molecule is CC(=O)c1ccc(Nc2ccc(SC(C)(C)C)cc2)cc1. The minimum Gasteiger partial charge on any atom is -0.356 e. The van der Waals surface area contributed by atoms with E-state index in [9.17, 15) is 4.79 Å². The molecule has 0 saturated heterocycles. The quantitative estimate of drug-likeness (QED) is 0.595. The number of benzene rings is 2. The van der Waals surface area contributed by atoms with E-state index in [0.29, 0.717) is 0 Å². The molecular weight excluding hydrogens is 278 g/mol. The highest BCUT2D eigenvalue weighted by atomic mass is 32.2. The maximum atomic E-state index is 11.2. The fourth-order valence-corrected chi connectivity index (χ4v) is 2.89. The number of carbonyl (C=O) groups excluding carboxylic acids is 1. The van der Waals surface area contributed by atoms with Crippen LogP contribution in [-0.2, 0) is 0 Å². The van der Waals surface area contributed by atoms with E-state index < -0.39 is 0 Å². The van der Waals surface area contributed by atoms with E-state index in [1.54, 1.807) is 6.92 Å². The standard InChI is InChI=1S/C18H21NOS/c1-13(20)14-5-7-15(8-6-14)19-16-9-11-17(12-10-16)21-18(2,3)4/h5-12,19H,1-4H3. The molecule has 0 amide bonds. The van der Waals surface area contributed by atoms with Crippen LogP contribution in [0.2, 0.25) is 0 Å². The van der Waals surface area contributed by atoms with Crippen molar-refractivity contribution in [2.45, 2.75) is 37.3 Å². The van der Waals surface area contributed by atoms with Gasteiger partial charge in [0.1, 0.15) is 0 Å². The molecule has 0 aliphatic rings. The first-order chi connectivity index (χ1) is 9.83. The lowest BCUT2D eigenvalue weighted by Gasteiger charge is -2.17. The molecule has 0 bridgehead atoms. The third-order valence-electron chi connectivity index (χ3n) is 2.86. The highest BCUT2D eigenvalue weighted by molar-refractivity contribution is 8.00. The Hall–Kier alpha value is -1.74. The van der Waals surface area contributed by atoms with Crippen LogP contribution >= 0.6 is 11.8 Å². The van der Waals surface area contributed by atoms with Crippen LogP contribution in [0.1, 0.15) is 38.1 Å². The van der Waals surface area contributed by atoms with Gasteiger partial charge in [-0.1, -0.05) is 20.8 Å². The van der Waals surface area contributed by atoms with Crippen molar-refractivity contribution >= 4 is 28.9 Å². The number of hydrogen-bond donors (Lipinski definition) is 1. The number of Topliss-reactive ketones (excluding diaryl/α,β-unsaturated/α-hetero) is 1. The summed E-state index contributed by atoms with van der Waals surface area (Å²) in [7, 11) is 0. The average molecular weight is 299 g/mol. The Morgan fingerprint density at radius 2 is 1.38 bits per heavy atom. The summed E-state index contributed by atoms with van der Waals surface area (Å²) in [5.41, 5.74) is 2.76. The number of ketones is 1. The Labute approximate surface area is 131 Å². The second-order valence-corrected chi connectivity index (χ2v) is 7.90. The van der Waals surface area contributed by atoms with Crippen LogP contribution in [0.15, 0.2) is 53.4 Å². The average Bonchev–Trinajstić information content (AvgIpc) is 2.40. The molecule has 0 radical (unpaired) electrons. The molecule has 0 fully saturated rings. The maximum absolute atomic E-state index is 11.2. The lowest BCUT2D eigenvalue weighted by molar-refractivity contribution is 0.101. The lowest BCUT2D eigenvalue weighted by Crippen LogP contribution is -2.06. The van der Waals surface area contributed by atoms with Gasteiger partial charge in [0.25, 0.3) is 0 Å². The zero-order valence-electron chi connectivity index (χ0n) is 12.9. The van der Waals surface area contributed by atoms with Crippen molar-refractivity contribution in [2.75, 3.05) is 5.32 Å². The van der Waals surface area contributed by atoms with Gasteiger partial charge in [0.15, 0.2) is 5.78 Å². The fourth-order valence-electron chi connectivity index (χ4n) is 1.91. The summed E-state index contributed by atoms with van der Waals surface area (Å²) in [6.07, 6.45) is 0. The summed E-state index contributed by atoms with van der Waals surface area (Å²) in [4.78, 5) is 12.5. The molecule has 0 aliphatic carbocycles. The highest BCUT2D eigenvalue weighted by Crippen LogP contribution is 2.32. The molecular formula is C18H21NOS. The summed E-state index contributed by atoms with van der Waals surface area (Å²) in [5.74, 6) is 0.0881. The molecule has 0 heterocycles. The van der Waals surface area contributed by atoms with Crippen molar-refractivity contribution in [1.82, 2.24) is 0 Å². The number of anilines is 2. The van der Waals surface area contributed by atoms with Crippen molar-refractivity contribution in [3.8, 4) is 0 Å². The normalized spacial score (nSPS) is 11.2. The number of carbonyl (C=O) groups is 1. The first-order valence-corrected chi connectivity index (χ1v) is 7.82. The molecule has 2 aromatic carbocycles. The summed E-state index contributed by atoms with van der Waals surface area (Å²) < 4.78 is 0.220. The summed E-state index contributed by atoms with van der Waals surface area (Å²) in [6.45, 7) is 8.20. The third-order valence-corrected chi connectivity index (χ3v) is 3.98. The molecule has 0 unspecified atom stereocenters. The Morgan fingerprint density at radius 3 is 1.81 bits per heavy atom. The molecule has 0 saturated carbocycles. The molecule has 0 aromatic heterocycles. The van der Waals surface area contributed by atoms with E-state index >= 15 is 0 Å². The van der Waals surface area contributed by atoms with Crippen molar-refractivity contribution in [2.24, 2.45) is 0 Å². The molecule has 2 rings (SSSR count). The van der Waals surface area contributed by atoms with Crippen molar-refractivity contribution in [3.05, 3.63) is 54.1 Å². The van der Waals surface area contributed by atoms with Crippen LogP contribution in [0.4, 0.5) is 11.4 Å². The molecule has 0 atom stereocenters. The molecule has 110 valence electrons. The molecule has 1 N–H and O–H groups in total. The van der Waals surface area contributed by atoms with Gasteiger partial charge in [0.05, 0.1) is 0 Å². The second-order valence-electron chi connectivity index (χ2n) is 6.00. The predicted molar refractivity (Wildman–Crippen MR) is 91.8 cm³/mol. The van der Waals surface area contributed by atoms with Crippen molar-refractivity contribution in [3.63, 3.8) is 0 Å². The summed E-state index contributed by atoms with van der Waals surface area (Å²) in [5, 5.41) is 3.34. The first kappa shape index (κ1) is 15.6. The van der Waals surface area contributed by atoms with Crippen LogP contribution in [0, 0.1) is 0 Å². The van der Waals surface area contributed by atoms with Crippen molar-refractivity contribution in [1.29, 1.82) is 0 Å². The second kappa shape index (κ2) is 6.35. The largest absolute Gasteiger partial charge is 0.356 e. The van der Waals surface area contributed by atoms with Crippen LogP contribution < -0.4 is 5.32 Å². The van der Waals surface area contributed by atoms with Gasteiger partial charge in [-0.15, -0.1) is 11.8 Å². The zero-order valence-corrected chi connectivity index (χ0v) is 13.8. The highest BCUT2D eigenvalue weighted by Gasteiger charge is 2.11. The predicted octanol–water partition coefficient (Wildman–Crippen LogP) is 5.52. The smallest absolute Gasteiger partial charge is 0.159 e. The van der Waals surface area contributed by atoms with Gasteiger partial charge in [-0.3, -0.25) is 4.79 Å². The molecule has 2 aromatic rings. The minimum atomic E-state index is 0.0881. The van der Waals surface area contributed by atoms with Gasteiger partial charge in [-0.05, 0) is 55.5 Å². The number of thioether (sulfide) groups is 1. The Morgan fingerprint density at radius 1 is 0.905 bits per heavy atom. The van der Waals surface area contributed by atoms with Crippen LogP contribution in [0.25, 0.3) is 0 Å². The minimum absolute atomic E-state index is 0.0881. The Balaban J connectivity index is 2.04. The fraction of sp³-hybridized carbons (Fsp3) is 0.278. The number of nitrogens with one attached hydrogen (secondary N) is 1. The van der Waals surface area contributed by atoms with E-state index in [4.69, 9.17) is 0 Å². The van der Waals surface area contributed by atoms with Gasteiger partial charge in [0.2, 0.25) is 0 Å². The maximum Gasteiger partial charge on any atom is 0.159 e. The molecule has 3 heteroatoms. The number of hydrogen-bond acceptors (Lipinski definition) is 3. The van der Waals surface area contributed by atoms with E-state index in [2.05, 4.69) is 50.4 Å². The van der Waals surface area contributed by atoms with Crippen LogP contribution in [-0.4, -0.2) is 10.5 Å². The van der Waals surface area contributed by atoms with Gasteiger partial charge in [-0.2, -0.15) is 0 Å². The molecule has 0 spiro atoms. The van der Waals surface area contributed by atoms with Gasteiger partial charge >= 0.3 is 0 Å². The third kappa shape index (κ3) is 4.94. The number of rotatable bonds is 4. The first-order valence-electron chi connectivity index (χ1n) is 7.01. The van der Waals surface area contributed by atoms with E-state index in [1.165, 1.54) is 4.90 Å². The van der Waals surface area contributed by atoms with E-state index in [1.807, 2.05) is 36.0 Å². The summed E-state index contributed by atoms with van der Waals surface area (Å²) in [6, 6.07) is 15.9. The molecule has 0 aliphatic heterocycles. The topological polar surface area (TPSA) is 29.1 Å². The lowest BCUT2D eigenvalue weighted by atomic mass is 10.1. The zero-order chi connectivity index (χ0) is 15.5. The van der Waals surface area contributed by atoms with Crippen LogP contribution in [0.5, 0.6) is 0 Å². The van der Waals surface area contributed by atoms with Crippen LogP contribution in [0.3, 0.4) is 0 Å². The summed E-state index contributed by atoms with van der Waals surface area (Å²) >= 11 is 1.86. The monoisotopic (exact) mass is 299 g/mol. The van der Waals surface area contributed by atoms with Gasteiger partial charge < -0.3 is 5.32 Å². The Bertz CT molecular complexity index is 609. The van der Waals surface area contributed by atoms with Crippen molar-refractivity contribution < 1.29 is 4.79 Å².